The lowest BCUT2D eigenvalue weighted by molar-refractivity contribution is -0.186. The Hall–Kier alpha value is -1.85. The number of ether oxygens (including phenoxy) is 3. The van der Waals surface area contributed by atoms with Crippen molar-refractivity contribution in [3.8, 4) is 0 Å². The van der Waals surface area contributed by atoms with E-state index in [-0.39, 0.29) is 37.6 Å². The van der Waals surface area contributed by atoms with Crippen molar-refractivity contribution in [2.45, 2.75) is 70.3 Å². The third-order valence-electron chi connectivity index (χ3n) is 6.00. The zero-order chi connectivity index (χ0) is 19.4. The predicted molar refractivity (Wildman–Crippen MR) is 97.6 cm³/mol. The number of hydrogen-bond donors (Lipinski definition) is 0. The number of rotatable bonds is 9. The third-order valence-corrected chi connectivity index (χ3v) is 6.00. The summed E-state index contributed by atoms with van der Waals surface area (Å²) in [5, 5.41) is 0. The second-order valence-electron chi connectivity index (χ2n) is 8.56. The van der Waals surface area contributed by atoms with E-state index in [0.717, 1.165) is 37.0 Å². The summed E-state index contributed by atoms with van der Waals surface area (Å²) in [5.41, 5.74) is 0.0818. The highest BCUT2D eigenvalue weighted by molar-refractivity contribution is 5.86. The molecule has 4 rings (SSSR count). The van der Waals surface area contributed by atoms with E-state index in [1.165, 1.54) is 19.3 Å². The molecule has 0 saturated heterocycles. The Labute approximate surface area is 160 Å². The van der Waals surface area contributed by atoms with Crippen LogP contribution in [0.2, 0.25) is 0 Å². The molecule has 0 amide bonds. The molecule has 4 bridgehead atoms. The van der Waals surface area contributed by atoms with E-state index in [9.17, 15) is 14.4 Å². The number of carbonyl (C=O) groups excluding carboxylic acids is 3. The number of hydrogen-bond acceptors (Lipinski definition) is 6. The molecular formula is C21H30O6. The van der Waals surface area contributed by atoms with Crippen molar-refractivity contribution in [3.63, 3.8) is 0 Å². The van der Waals surface area contributed by atoms with Crippen molar-refractivity contribution in [3.05, 3.63) is 12.2 Å². The first kappa shape index (κ1) is 19.9. The van der Waals surface area contributed by atoms with Gasteiger partial charge in [-0.3, -0.25) is 9.59 Å². The SMILES string of the molecule is C=C(C)C(=O)OCCOC(=O)CCCC(=O)OC12CC3CC(CC(C3)C1)C2. The Morgan fingerprint density at radius 1 is 0.889 bits per heavy atom. The minimum absolute atomic E-state index is 0.00545. The van der Waals surface area contributed by atoms with Crippen LogP contribution in [0.1, 0.15) is 64.7 Å². The van der Waals surface area contributed by atoms with Crippen molar-refractivity contribution in [1.29, 1.82) is 0 Å². The molecule has 4 fully saturated rings. The van der Waals surface area contributed by atoms with E-state index in [0.29, 0.717) is 12.0 Å². The van der Waals surface area contributed by atoms with Crippen molar-refractivity contribution >= 4 is 17.9 Å². The van der Waals surface area contributed by atoms with Crippen molar-refractivity contribution < 1.29 is 28.6 Å². The standard InChI is InChI=1S/C21H30O6/c1-14(2)20(24)26-7-6-25-18(22)4-3-5-19(23)27-21-11-15-8-16(12-21)10-17(9-15)13-21/h15-17H,1,3-13H2,2H3. The van der Waals surface area contributed by atoms with Gasteiger partial charge in [-0.25, -0.2) is 4.79 Å². The van der Waals surface area contributed by atoms with Gasteiger partial charge in [0.2, 0.25) is 0 Å². The molecule has 6 heteroatoms. The lowest BCUT2D eigenvalue weighted by atomic mass is 9.54. The van der Waals surface area contributed by atoms with Gasteiger partial charge in [-0.1, -0.05) is 6.58 Å². The van der Waals surface area contributed by atoms with Crippen LogP contribution in [0.4, 0.5) is 0 Å². The number of carbonyl (C=O) groups is 3. The first-order valence-electron chi connectivity index (χ1n) is 10.1. The Balaban J connectivity index is 1.29. The largest absolute Gasteiger partial charge is 0.462 e. The van der Waals surface area contributed by atoms with Gasteiger partial charge in [0.15, 0.2) is 0 Å². The molecule has 0 aromatic rings. The fourth-order valence-electron chi connectivity index (χ4n) is 5.31. The van der Waals surface area contributed by atoms with Crippen LogP contribution in [0.3, 0.4) is 0 Å². The molecule has 0 aromatic carbocycles. The Bertz CT molecular complexity index is 573. The minimum atomic E-state index is -0.501. The highest BCUT2D eigenvalue weighted by Gasteiger charge is 2.53. The van der Waals surface area contributed by atoms with Gasteiger partial charge in [-0.15, -0.1) is 0 Å². The molecule has 0 aliphatic heterocycles. The van der Waals surface area contributed by atoms with Gasteiger partial charge in [-0.05, 0) is 69.6 Å². The van der Waals surface area contributed by atoms with E-state index in [1.54, 1.807) is 6.92 Å². The van der Waals surface area contributed by atoms with E-state index in [4.69, 9.17) is 14.2 Å². The topological polar surface area (TPSA) is 78.9 Å². The normalized spacial score (nSPS) is 30.6. The van der Waals surface area contributed by atoms with Gasteiger partial charge < -0.3 is 14.2 Å². The molecule has 150 valence electrons. The highest BCUT2D eigenvalue weighted by Crippen LogP contribution is 2.57. The highest BCUT2D eigenvalue weighted by atomic mass is 16.6. The smallest absolute Gasteiger partial charge is 0.333 e. The average Bonchev–Trinajstić information content (AvgIpc) is 2.56. The predicted octanol–water partition coefficient (Wildman–Crippen LogP) is 3.33. The lowest BCUT2D eigenvalue weighted by Gasteiger charge is -2.55. The van der Waals surface area contributed by atoms with Crippen molar-refractivity contribution in [2.24, 2.45) is 17.8 Å². The van der Waals surface area contributed by atoms with E-state index < -0.39 is 11.9 Å². The van der Waals surface area contributed by atoms with Gasteiger partial charge in [0.05, 0.1) is 0 Å². The molecule has 4 aliphatic carbocycles. The van der Waals surface area contributed by atoms with Crippen LogP contribution in [0.15, 0.2) is 12.2 Å². The van der Waals surface area contributed by atoms with Crippen LogP contribution in [0.5, 0.6) is 0 Å². The molecule has 0 spiro atoms. The number of esters is 3. The summed E-state index contributed by atoms with van der Waals surface area (Å²) in [6, 6.07) is 0. The molecule has 0 aromatic heterocycles. The second-order valence-corrected chi connectivity index (χ2v) is 8.56. The lowest BCUT2D eigenvalue weighted by Crippen LogP contribution is -2.52. The second kappa shape index (κ2) is 8.44. The first-order chi connectivity index (χ1) is 12.8. The first-order valence-corrected chi connectivity index (χ1v) is 10.1. The molecule has 0 heterocycles. The quantitative estimate of drug-likeness (QED) is 0.265. The van der Waals surface area contributed by atoms with Crippen LogP contribution in [0.25, 0.3) is 0 Å². The molecule has 0 atom stereocenters. The molecular weight excluding hydrogens is 348 g/mol. The van der Waals surface area contributed by atoms with Crippen LogP contribution < -0.4 is 0 Å². The zero-order valence-electron chi connectivity index (χ0n) is 16.2. The zero-order valence-corrected chi connectivity index (χ0v) is 16.2. The molecule has 0 N–H and O–H groups in total. The van der Waals surface area contributed by atoms with Crippen LogP contribution >= 0.6 is 0 Å². The van der Waals surface area contributed by atoms with Crippen molar-refractivity contribution in [1.82, 2.24) is 0 Å². The van der Waals surface area contributed by atoms with Gasteiger partial charge in [0.25, 0.3) is 0 Å². The van der Waals surface area contributed by atoms with Crippen LogP contribution in [-0.2, 0) is 28.6 Å². The van der Waals surface area contributed by atoms with E-state index >= 15 is 0 Å². The monoisotopic (exact) mass is 378 g/mol. The summed E-state index contributed by atoms with van der Waals surface area (Å²) >= 11 is 0. The Morgan fingerprint density at radius 2 is 1.41 bits per heavy atom. The summed E-state index contributed by atoms with van der Waals surface area (Å²) in [6.07, 6.45) is 7.81. The van der Waals surface area contributed by atoms with Crippen LogP contribution in [0, 0.1) is 17.8 Å². The molecule has 0 radical (unpaired) electrons. The molecule has 6 nitrogen and oxygen atoms in total. The van der Waals surface area contributed by atoms with Gasteiger partial charge in [0.1, 0.15) is 18.8 Å². The maximum atomic E-state index is 12.3. The summed E-state index contributed by atoms with van der Waals surface area (Å²) in [4.78, 5) is 35.1. The summed E-state index contributed by atoms with van der Waals surface area (Å²) in [6.45, 7) is 5.03. The van der Waals surface area contributed by atoms with Crippen LogP contribution in [-0.4, -0.2) is 36.7 Å². The molecule has 4 aliphatic rings. The average molecular weight is 378 g/mol. The summed E-state index contributed by atoms with van der Waals surface area (Å²) in [5.74, 6) is 1.11. The summed E-state index contributed by atoms with van der Waals surface area (Å²) in [7, 11) is 0. The van der Waals surface area contributed by atoms with E-state index in [2.05, 4.69) is 6.58 Å². The summed E-state index contributed by atoms with van der Waals surface area (Å²) < 4.78 is 15.8. The van der Waals surface area contributed by atoms with Gasteiger partial charge >= 0.3 is 17.9 Å². The molecule has 0 unspecified atom stereocenters. The van der Waals surface area contributed by atoms with E-state index in [1.807, 2.05) is 0 Å². The molecule has 27 heavy (non-hydrogen) atoms. The fraction of sp³-hybridized carbons (Fsp3) is 0.762. The van der Waals surface area contributed by atoms with Crippen molar-refractivity contribution in [2.75, 3.05) is 13.2 Å². The maximum Gasteiger partial charge on any atom is 0.333 e. The molecule has 4 saturated carbocycles. The fourth-order valence-corrected chi connectivity index (χ4v) is 5.31. The van der Waals surface area contributed by atoms with Gasteiger partial charge in [0, 0.05) is 18.4 Å². The third kappa shape index (κ3) is 5.33. The van der Waals surface area contributed by atoms with Gasteiger partial charge in [-0.2, -0.15) is 0 Å². The minimum Gasteiger partial charge on any atom is -0.462 e. The Kier molecular flexibility index (Phi) is 6.22. The Morgan fingerprint density at radius 3 is 1.96 bits per heavy atom. The maximum absolute atomic E-state index is 12.3.